The van der Waals surface area contributed by atoms with E-state index in [1.54, 1.807) is 6.08 Å². The lowest BCUT2D eigenvalue weighted by Gasteiger charge is -2.02. The number of hydrogen-bond acceptors (Lipinski definition) is 3. The lowest BCUT2D eigenvalue weighted by atomic mass is 10.2. The van der Waals surface area contributed by atoms with E-state index in [4.69, 9.17) is 9.84 Å². The number of rotatable bonds is 7. The molecule has 0 saturated carbocycles. The monoisotopic (exact) mass is 260 g/mol. The van der Waals surface area contributed by atoms with Crippen LogP contribution in [-0.2, 0) is 14.3 Å². The third-order valence-corrected chi connectivity index (χ3v) is 2.38. The van der Waals surface area contributed by atoms with Gasteiger partial charge in [0.15, 0.2) is 0 Å². The highest BCUT2D eigenvalue weighted by Gasteiger charge is 2.03. The summed E-state index contributed by atoms with van der Waals surface area (Å²) in [5, 5.41) is 8.58. The van der Waals surface area contributed by atoms with Gasteiger partial charge in [0.25, 0.3) is 0 Å². The number of carboxylic acid groups (broad SMARTS) is 1. The number of carboxylic acids is 1. The Morgan fingerprint density at radius 1 is 1.26 bits per heavy atom. The zero-order valence-corrected chi connectivity index (χ0v) is 10.5. The van der Waals surface area contributed by atoms with Gasteiger partial charge in [-0.05, 0) is 24.5 Å². The van der Waals surface area contributed by atoms with Crippen LogP contribution < -0.4 is 0 Å². The molecule has 1 aromatic carbocycles. The average molecular weight is 260 g/mol. The minimum atomic E-state index is -1.02. The van der Waals surface area contributed by atoms with Crippen LogP contribution in [-0.4, -0.2) is 23.7 Å². The maximum atomic E-state index is 11.3. The topological polar surface area (TPSA) is 63.6 Å². The van der Waals surface area contributed by atoms with Gasteiger partial charge in [0.2, 0.25) is 0 Å². The molecular weight excluding hydrogens is 244 g/mol. The molecule has 0 fully saturated rings. The van der Waals surface area contributed by atoms with E-state index in [9.17, 15) is 9.59 Å². The zero-order chi connectivity index (χ0) is 14.1. The van der Waals surface area contributed by atoms with Gasteiger partial charge in [-0.2, -0.15) is 0 Å². The quantitative estimate of drug-likeness (QED) is 0.465. The molecule has 0 amide bonds. The summed E-state index contributed by atoms with van der Waals surface area (Å²) in [7, 11) is 0. The van der Waals surface area contributed by atoms with E-state index in [1.165, 1.54) is 6.08 Å². The van der Waals surface area contributed by atoms with Crippen molar-refractivity contribution in [2.24, 2.45) is 0 Å². The van der Waals surface area contributed by atoms with Gasteiger partial charge < -0.3 is 9.84 Å². The van der Waals surface area contributed by atoms with Crippen LogP contribution in [0, 0.1) is 0 Å². The summed E-state index contributed by atoms with van der Waals surface area (Å²) in [5.74, 6) is -1.46. The van der Waals surface area contributed by atoms with E-state index in [-0.39, 0.29) is 12.2 Å². The smallest absolute Gasteiger partial charge is 0.330 e. The summed E-state index contributed by atoms with van der Waals surface area (Å²) in [6.07, 6.45) is 3.78. The molecule has 0 aliphatic rings. The maximum absolute atomic E-state index is 11.3. The van der Waals surface area contributed by atoms with Crippen LogP contribution in [0.2, 0.25) is 0 Å². The van der Waals surface area contributed by atoms with Gasteiger partial charge in [0.05, 0.1) is 6.61 Å². The van der Waals surface area contributed by atoms with Crippen molar-refractivity contribution < 1.29 is 19.4 Å². The SMILES string of the molecule is C=C(CCCOC(=O)C=Cc1ccccc1)C(=O)O. The Bertz CT molecular complexity index is 474. The molecule has 0 saturated heterocycles. The van der Waals surface area contributed by atoms with Gasteiger partial charge >= 0.3 is 11.9 Å². The van der Waals surface area contributed by atoms with Crippen molar-refractivity contribution in [1.82, 2.24) is 0 Å². The molecule has 4 heteroatoms. The second-order valence-corrected chi connectivity index (χ2v) is 3.92. The van der Waals surface area contributed by atoms with Crippen molar-refractivity contribution in [2.75, 3.05) is 6.61 Å². The molecule has 1 N–H and O–H groups in total. The lowest BCUT2D eigenvalue weighted by Crippen LogP contribution is -2.04. The van der Waals surface area contributed by atoms with Crippen LogP contribution in [0.3, 0.4) is 0 Å². The molecule has 0 heterocycles. The van der Waals surface area contributed by atoms with Gasteiger partial charge in [-0.1, -0.05) is 36.9 Å². The van der Waals surface area contributed by atoms with Crippen molar-refractivity contribution in [3.63, 3.8) is 0 Å². The number of aliphatic carboxylic acids is 1. The molecular formula is C15H16O4. The molecule has 0 aliphatic heterocycles. The van der Waals surface area contributed by atoms with Gasteiger partial charge in [-0.3, -0.25) is 0 Å². The molecule has 4 nitrogen and oxygen atoms in total. The van der Waals surface area contributed by atoms with Crippen molar-refractivity contribution in [3.05, 3.63) is 54.1 Å². The third kappa shape index (κ3) is 6.21. The van der Waals surface area contributed by atoms with Crippen LogP contribution in [0.4, 0.5) is 0 Å². The lowest BCUT2D eigenvalue weighted by molar-refractivity contribution is -0.137. The van der Waals surface area contributed by atoms with Crippen LogP contribution in [0.15, 0.2) is 48.6 Å². The molecule has 0 aliphatic carbocycles. The van der Waals surface area contributed by atoms with E-state index >= 15 is 0 Å². The van der Waals surface area contributed by atoms with Gasteiger partial charge in [0, 0.05) is 11.6 Å². The van der Waals surface area contributed by atoms with Crippen LogP contribution in [0.1, 0.15) is 18.4 Å². The second kappa shape index (κ2) is 7.87. The van der Waals surface area contributed by atoms with E-state index in [1.807, 2.05) is 30.3 Å². The summed E-state index contributed by atoms with van der Waals surface area (Å²) < 4.78 is 4.93. The molecule has 0 aromatic heterocycles. The van der Waals surface area contributed by atoms with Crippen molar-refractivity contribution in [2.45, 2.75) is 12.8 Å². The molecule has 0 radical (unpaired) electrons. The fraction of sp³-hybridized carbons (Fsp3) is 0.200. The number of ether oxygens (including phenoxy) is 1. The number of hydrogen-bond donors (Lipinski definition) is 1. The highest BCUT2D eigenvalue weighted by molar-refractivity contribution is 5.87. The summed E-state index contributed by atoms with van der Waals surface area (Å²) in [5.41, 5.74) is 1.04. The standard InChI is InChI=1S/C15H16O4/c1-12(15(17)18)6-5-11-19-14(16)10-9-13-7-3-2-4-8-13/h2-4,7-10H,1,5-6,11H2,(H,17,18). The maximum Gasteiger partial charge on any atom is 0.330 e. The van der Waals surface area contributed by atoms with Crippen molar-refractivity contribution in [1.29, 1.82) is 0 Å². The van der Waals surface area contributed by atoms with Crippen molar-refractivity contribution >= 4 is 18.0 Å². The van der Waals surface area contributed by atoms with Crippen molar-refractivity contribution in [3.8, 4) is 0 Å². The number of carbonyl (C=O) groups excluding carboxylic acids is 1. The molecule has 0 spiro atoms. The molecule has 19 heavy (non-hydrogen) atoms. The van der Waals surface area contributed by atoms with E-state index in [0.717, 1.165) is 5.56 Å². The normalized spacial score (nSPS) is 10.3. The van der Waals surface area contributed by atoms with Gasteiger partial charge in [-0.25, -0.2) is 9.59 Å². The number of benzene rings is 1. The first-order chi connectivity index (χ1) is 9.09. The average Bonchev–Trinajstić information content (AvgIpc) is 2.42. The fourth-order valence-corrected chi connectivity index (χ4v) is 1.34. The van der Waals surface area contributed by atoms with Gasteiger partial charge in [0.1, 0.15) is 0 Å². The Labute approximate surface area is 112 Å². The Morgan fingerprint density at radius 2 is 1.95 bits per heavy atom. The molecule has 0 unspecified atom stereocenters. The predicted octanol–water partition coefficient (Wildman–Crippen LogP) is 2.66. The minimum absolute atomic E-state index is 0.121. The first kappa shape index (κ1) is 14.7. The summed E-state index contributed by atoms with van der Waals surface area (Å²) in [6, 6.07) is 9.40. The highest BCUT2D eigenvalue weighted by atomic mass is 16.5. The zero-order valence-electron chi connectivity index (χ0n) is 10.5. The predicted molar refractivity (Wildman–Crippen MR) is 72.4 cm³/mol. The molecule has 0 bridgehead atoms. The van der Waals surface area contributed by atoms with Crippen LogP contribution in [0.25, 0.3) is 6.08 Å². The van der Waals surface area contributed by atoms with E-state index in [2.05, 4.69) is 6.58 Å². The summed E-state index contributed by atoms with van der Waals surface area (Å²) >= 11 is 0. The molecule has 100 valence electrons. The highest BCUT2D eigenvalue weighted by Crippen LogP contribution is 2.04. The van der Waals surface area contributed by atoms with Crippen LogP contribution >= 0.6 is 0 Å². The number of esters is 1. The molecule has 0 atom stereocenters. The first-order valence-corrected chi connectivity index (χ1v) is 5.90. The van der Waals surface area contributed by atoms with E-state index < -0.39 is 11.9 Å². The summed E-state index contributed by atoms with van der Waals surface area (Å²) in [6.45, 7) is 3.58. The molecule has 1 rings (SSSR count). The first-order valence-electron chi connectivity index (χ1n) is 5.90. The Balaban J connectivity index is 2.24. The van der Waals surface area contributed by atoms with E-state index in [0.29, 0.717) is 12.8 Å². The van der Waals surface area contributed by atoms with Gasteiger partial charge in [-0.15, -0.1) is 0 Å². The summed E-state index contributed by atoms with van der Waals surface area (Å²) in [4.78, 5) is 21.8. The van der Waals surface area contributed by atoms with Crippen LogP contribution in [0.5, 0.6) is 0 Å². The minimum Gasteiger partial charge on any atom is -0.478 e. The Hall–Kier alpha value is -2.36. The Kier molecular flexibility index (Phi) is 6.09. The second-order valence-electron chi connectivity index (χ2n) is 3.92. The third-order valence-electron chi connectivity index (χ3n) is 2.38. The molecule has 1 aromatic rings. The largest absolute Gasteiger partial charge is 0.478 e. The Morgan fingerprint density at radius 3 is 2.58 bits per heavy atom. The fourth-order valence-electron chi connectivity index (χ4n) is 1.34. The number of carbonyl (C=O) groups is 2.